The molecule has 1 aliphatic heterocycles. The molecule has 0 amide bonds. The standard InChI is InChI=1S/C12H18BrNS/c1-9(2)12(4-3-5-14-12)7-11-6-10(13)8-15-11/h6,8-9,14H,3-5,7H2,1-2H3. The van der Waals surface area contributed by atoms with Gasteiger partial charge in [0, 0.05) is 26.7 Å². The number of nitrogens with one attached hydrogen (secondary N) is 1. The number of rotatable bonds is 3. The van der Waals surface area contributed by atoms with E-state index < -0.39 is 0 Å². The van der Waals surface area contributed by atoms with Gasteiger partial charge in [-0.1, -0.05) is 13.8 Å². The molecule has 1 aliphatic rings. The van der Waals surface area contributed by atoms with Gasteiger partial charge in [-0.05, 0) is 47.3 Å². The van der Waals surface area contributed by atoms with Crippen molar-refractivity contribution >= 4 is 27.3 Å². The van der Waals surface area contributed by atoms with E-state index >= 15 is 0 Å². The van der Waals surface area contributed by atoms with Crippen LogP contribution in [0.5, 0.6) is 0 Å². The molecular weight excluding hydrogens is 270 g/mol. The fraction of sp³-hybridized carbons (Fsp3) is 0.667. The number of hydrogen-bond donors (Lipinski definition) is 1. The molecule has 1 fully saturated rings. The highest BCUT2D eigenvalue weighted by Crippen LogP contribution is 2.33. The van der Waals surface area contributed by atoms with Crippen molar-refractivity contribution in [2.24, 2.45) is 5.92 Å². The Morgan fingerprint density at radius 1 is 1.60 bits per heavy atom. The second-order valence-corrected chi connectivity index (χ2v) is 6.66. The Balaban J connectivity index is 2.13. The molecule has 1 unspecified atom stereocenters. The third-order valence-electron chi connectivity index (χ3n) is 3.49. The molecule has 3 heteroatoms. The van der Waals surface area contributed by atoms with Crippen molar-refractivity contribution in [3.05, 3.63) is 20.8 Å². The fourth-order valence-corrected chi connectivity index (χ4v) is 4.01. The average Bonchev–Trinajstić information content (AvgIpc) is 2.77. The number of hydrogen-bond acceptors (Lipinski definition) is 2. The van der Waals surface area contributed by atoms with E-state index in [0.29, 0.717) is 11.5 Å². The molecule has 84 valence electrons. The van der Waals surface area contributed by atoms with Crippen LogP contribution < -0.4 is 5.32 Å². The van der Waals surface area contributed by atoms with Gasteiger partial charge in [0.05, 0.1) is 0 Å². The minimum Gasteiger partial charge on any atom is -0.311 e. The zero-order valence-corrected chi connectivity index (χ0v) is 11.7. The van der Waals surface area contributed by atoms with Crippen LogP contribution >= 0.6 is 27.3 Å². The van der Waals surface area contributed by atoms with Crippen LogP contribution in [0.15, 0.2) is 15.9 Å². The maximum atomic E-state index is 3.72. The van der Waals surface area contributed by atoms with Crippen molar-refractivity contribution in [3.63, 3.8) is 0 Å². The van der Waals surface area contributed by atoms with E-state index in [4.69, 9.17) is 0 Å². The average molecular weight is 288 g/mol. The molecule has 1 aromatic rings. The predicted octanol–water partition coefficient (Wildman–Crippen LogP) is 3.83. The first-order chi connectivity index (χ1) is 7.12. The minimum atomic E-state index is 0.351. The lowest BCUT2D eigenvalue weighted by Crippen LogP contribution is -2.46. The molecule has 2 rings (SSSR count). The molecule has 1 nitrogen and oxygen atoms in total. The lowest BCUT2D eigenvalue weighted by atomic mass is 9.81. The van der Waals surface area contributed by atoms with Gasteiger partial charge in [-0.2, -0.15) is 0 Å². The first kappa shape index (κ1) is 11.6. The van der Waals surface area contributed by atoms with Crippen LogP contribution in [0.2, 0.25) is 0 Å². The van der Waals surface area contributed by atoms with E-state index in [2.05, 4.69) is 46.5 Å². The molecule has 0 saturated carbocycles. The van der Waals surface area contributed by atoms with Crippen LogP contribution in [0, 0.1) is 5.92 Å². The molecule has 0 radical (unpaired) electrons. The second-order valence-electron chi connectivity index (χ2n) is 4.75. The van der Waals surface area contributed by atoms with Crippen LogP contribution in [-0.4, -0.2) is 12.1 Å². The summed E-state index contributed by atoms with van der Waals surface area (Å²) in [6.07, 6.45) is 3.83. The summed E-state index contributed by atoms with van der Waals surface area (Å²) >= 11 is 5.39. The first-order valence-electron chi connectivity index (χ1n) is 5.60. The number of halogens is 1. The molecule has 15 heavy (non-hydrogen) atoms. The quantitative estimate of drug-likeness (QED) is 0.891. The smallest absolute Gasteiger partial charge is 0.0285 e. The third kappa shape index (κ3) is 2.45. The van der Waals surface area contributed by atoms with Crippen LogP contribution in [0.1, 0.15) is 31.6 Å². The Morgan fingerprint density at radius 2 is 2.40 bits per heavy atom. The minimum absolute atomic E-state index is 0.351. The SMILES string of the molecule is CC(C)C1(Cc2cc(Br)cs2)CCCN1. The lowest BCUT2D eigenvalue weighted by molar-refractivity contribution is 0.271. The van der Waals surface area contributed by atoms with Gasteiger partial charge in [-0.15, -0.1) is 11.3 Å². The summed E-state index contributed by atoms with van der Waals surface area (Å²) in [5, 5.41) is 5.90. The maximum Gasteiger partial charge on any atom is 0.0285 e. The van der Waals surface area contributed by atoms with E-state index in [1.807, 2.05) is 11.3 Å². The molecule has 0 aromatic carbocycles. The van der Waals surface area contributed by atoms with E-state index in [-0.39, 0.29) is 0 Å². The first-order valence-corrected chi connectivity index (χ1v) is 7.28. The normalized spacial score (nSPS) is 26.4. The molecule has 1 atom stereocenters. The second kappa shape index (κ2) is 4.56. The summed E-state index contributed by atoms with van der Waals surface area (Å²) < 4.78 is 1.22. The molecule has 1 N–H and O–H groups in total. The molecule has 0 spiro atoms. The summed E-state index contributed by atoms with van der Waals surface area (Å²) in [7, 11) is 0. The summed E-state index contributed by atoms with van der Waals surface area (Å²) in [5.41, 5.74) is 0.351. The van der Waals surface area contributed by atoms with Crippen molar-refractivity contribution in [1.29, 1.82) is 0 Å². The Bertz CT molecular complexity index is 326. The summed E-state index contributed by atoms with van der Waals surface area (Å²) in [4.78, 5) is 1.49. The van der Waals surface area contributed by atoms with E-state index in [1.54, 1.807) is 0 Å². The Morgan fingerprint density at radius 3 is 2.87 bits per heavy atom. The molecule has 1 saturated heterocycles. The number of thiophene rings is 1. The van der Waals surface area contributed by atoms with Crippen LogP contribution in [0.4, 0.5) is 0 Å². The Labute approximate surface area is 104 Å². The van der Waals surface area contributed by atoms with Crippen LogP contribution in [-0.2, 0) is 6.42 Å². The van der Waals surface area contributed by atoms with E-state index in [9.17, 15) is 0 Å². The Hall–Kier alpha value is 0.140. The van der Waals surface area contributed by atoms with Crippen molar-refractivity contribution in [2.45, 2.75) is 38.6 Å². The van der Waals surface area contributed by atoms with E-state index in [1.165, 1.54) is 35.2 Å². The van der Waals surface area contributed by atoms with Gasteiger partial charge in [0.1, 0.15) is 0 Å². The molecule has 0 bridgehead atoms. The van der Waals surface area contributed by atoms with Gasteiger partial charge >= 0.3 is 0 Å². The van der Waals surface area contributed by atoms with Gasteiger partial charge in [-0.3, -0.25) is 0 Å². The third-order valence-corrected chi connectivity index (χ3v) is 5.19. The van der Waals surface area contributed by atoms with Crippen molar-refractivity contribution < 1.29 is 0 Å². The highest BCUT2D eigenvalue weighted by atomic mass is 79.9. The molecule has 0 aliphatic carbocycles. The zero-order chi connectivity index (χ0) is 10.9. The summed E-state index contributed by atoms with van der Waals surface area (Å²) in [5.74, 6) is 0.709. The van der Waals surface area contributed by atoms with Crippen LogP contribution in [0.3, 0.4) is 0 Å². The highest BCUT2D eigenvalue weighted by Gasteiger charge is 2.36. The van der Waals surface area contributed by atoms with Gasteiger partial charge in [-0.25, -0.2) is 0 Å². The van der Waals surface area contributed by atoms with Gasteiger partial charge in [0.2, 0.25) is 0 Å². The van der Waals surface area contributed by atoms with Crippen LogP contribution in [0.25, 0.3) is 0 Å². The highest BCUT2D eigenvalue weighted by molar-refractivity contribution is 9.10. The van der Waals surface area contributed by atoms with E-state index in [0.717, 1.165) is 0 Å². The van der Waals surface area contributed by atoms with Crippen molar-refractivity contribution in [2.75, 3.05) is 6.54 Å². The molecule has 1 aromatic heterocycles. The lowest BCUT2D eigenvalue weighted by Gasteiger charge is -2.33. The Kier molecular flexibility index (Phi) is 3.53. The monoisotopic (exact) mass is 287 g/mol. The zero-order valence-electron chi connectivity index (χ0n) is 9.35. The predicted molar refractivity (Wildman–Crippen MR) is 70.5 cm³/mol. The van der Waals surface area contributed by atoms with Crippen molar-refractivity contribution in [1.82, 2.24) is 5.32 Å². The summed E-state index contributed by atoms with van der Waals surface area (Å²) in [6, 6.07) is 2.26. The topological polar surface area (TPSA) is 12.0 Å². The van der Waals surface area contributed by atoms with Gasteiger partial charge in [0.25, 0.3) is 0 Å². The summed E-state index contributed by atoms with van der Waals surface area (Å²) in [6.45, 7) is 5.85. The molecule has 2 heterocycles. The maximum absolute atomic E-state index is 3.72. The van der Waals surface area contributed by atoms with Gasteiger partial charge in [0.15, 0.2) is 0 Å². The van der Waals surface area contributed by atoms with Gasteiger partial charge < -0.3 is 5.32 Å². The molecular formula is C12H18BrNS. The van der Waals surface area contributed by atoms with Crippen molar-refractivity contribution in [3.8, 4) is 0 Å². The largest absolute Gasteiger partial charge is 0.311 e. The fourth-order valence-electron chi connectivity index (χ4n) is 2.43.